The third kappa shape index (κ3) is 9.47. The van der Waals surface area contributed by atoms with E-state index >= 15 is 0 Å². The second-order valence-corrected chi connectivity index (χ2v) is 4.96. The van der Waals surface area contributed by atoms with Crippen LogP contribution in [-0.4, -0.2) is 42.1 Å². The lowest BCUT2D eigenvalue weighted by Crippen LogP contribution is -2.28. The topological polar surface area (TPSA) is 49.8 Å². The second kappa shape index (κ2) is 13.2. The molecular weight excluding hydrogens is 314 g/mol. The molecule has 0 atom stereocenters. The summed E-state index contributed by atoms with van der Waals surface area (Å²) in [6, 6.07) is 4.87. The van der Waals surface area contributed by atoms with Crippen molar-refractivity contribution in [3.8, 4) is 5.75 Å². The largest absolute Gasteiger partial charge is 0.494 e. The minimum Gasteiger partial charge on any atom is -0.494 e. The molecule has 0 spiro atoms. The summed E-state index contributed by atoms with van der Waals surface area (Å²) in [6.45, 7) is -1.07. The molecule has 1 N–H and O–H groups in total. The molecule has 1 rings (SSSR count). The van der Waals surface area contributed by atoms with Crippen LogP contribution in [-0.2, 0) is 0 Å². The molecule has 132 valence electrons. The average molecular weight is 350 g/mol. The third-order valence-electron chi connectivity index (χ3n) is 3.10. The molecule has 0 amide bonds. The Bertz CT molecular complexity index is 635. The molecule has 0 saturated carbocycles. The smallest absolute Gasteiger partial charge is 0.335 e. The van der Waals surface area contributed by atoms with E-state index in [0.29, 0.717) is 25.9 Å². The van der Waals surface area contributed by atoms with Gasteiger partial charge < -0.3 is 14.7 Å². The number of rotatable bonds is 12. The lowest BCUT2D eigenvalue weighted by atomic mass is 10.2. The first kappa shape index (κ1) is 13.1. The summed E-state index contributed by atoms with van der Waals surface area (Å²) in [5, 5.41) is 8.92. The fraction of sp³-hybridized carbons (Fsp3) is 0.611. The lowest BCUT2D eigenvalue weighted by molar-refractivity contribution is 0.0697. The summed E-state index contributed by atoms with van der Waals surface area (Å²) in [7, 11) is 0. The van der Waals surface area contributed by atoms with Gasteiger partial charge >= 0.3 is 5.97 Å². The molecule has 0 saturated heterocycles. The van der Waals surface area contributed by atoms with Crippen LogP contribution in [0.1, 0.15) is 64.5 Å². The van der Waals surface area contributed by atoms with Crippen molar-refractivity contribution in [1.29, 1.82) is 0 Å². The Kier molecular flexibility index (Phi) is 7.51. The van der Waals surface area contributed by atoms with Gasteiger partial charge in [-0.2, -0.15) is 0 Å². The van der Waals surface area contributed by atoms with Gasteiger partial charge in [-0.3, -0.25) is 0 Å². The molecule has 0 aromatic heterocycles. The van der Waals surface area contributed by atoms with Crippen molar-refractivity contribution in [3.63, 3.8) is 0 Å². The zero-order chi connectivity index (χ0) is 21.6. The van der Waals surface area contributed by atoms with Gasteiger partial charge in [0.05, 0.1) is 14.9 Å². The van der Waals surface area contributed by atoms with E-state index in [0.717, 1.165) is 12.8 Å². The Hall–Kier alpha value is -1.26. The highest BCUT2D eigenvalue weighted by atomic mass is 35.5. The lowest BCUT2D eigenvalue weighted by Gasteiger charge is -2.21. The van der Waals surface area contributed by atoms with Crippen molar-refractivity contribution < 1.29 is 22.9 Å². The first-order valence-electron chi connectivity index (χ1n) is 10.7. The molecule has 23 heavy (non-hydrogen) atoms. The van der Waals surface area contributed by atoms with Gasteiger partial charge in [0.1, 0.15) is 5.75 Å². The molecule has 0 aliphatic heterocycles. The van der Waals surface area contributed by atoms with Crippen LogP contribution in [0.5, 0.6) is 5.75 Å². The van der Waals surface area contributed by atoms with Gasteiger partial charge in [0.25, 0.3) is 0 Å². The molecule has 1 aromatic rings. The number of carbonyl (C=O) groups is 1. The number of halogens is 1. The number of carboxylic acids is 1. The van der Waals surface area contributed by atoms with Crippen molar-refractivity contribution in [2.75, 3.05) is 26.1 Å². The van der Waals surface area contributed by atoms with E-state index in [4.69, 9.17) is 18.1 Å². The normalized spacial score (nSPS) is 16.1. The van der Waals surface area contributed by atoms with Crippen molar-refractivity contribution in [1.82, 2.24) is 4.90 Å². The number of aromatic carboxylic acids is 1. The van der Waals surface area contributed by atoms with Crippen molar-refractivity contribution >= 4 is 18.4 Å². The first-order valence-corrected chi connectivity index (χ1v) is 7.68. The SMILES string of the molecule is Cl.[2H]C([2H])(Oc1ccc(C(=O)O)cc1)C([2H])([2H])C([2H])([2H])N(CCCC)CCCC. The zero-order valence-corrected chi connectivity index (χ0v) is 14.5. The highest BCUT2D eigenvalue weighted by Crippen LogP contribution is 2.12. The van der Waals surface area contributed by atoms with E-state index in [1.54, 1.807) is 0 Å². The summed E-state index contributed by atoms with van der Waals surface area (Å²) >= 11 is 0. The van der Waals surface area contributed by atoms with Crippen molar-refractivity contribution in [2.24, 2.45) is 0 Å². The number of nitrogens with zero attached hydrogens (tertiary/aromatic N) is 1. The summed E-state index contributed by atoms with van der Waals surface area (Å²) in [5.41, 5.74) is -0.0171. The minimum absolute atomic E-state index is 0. The molecular formula is C18H30ClNO3. The first-order chi connectivity index (χ1) is 12.9. The summed E-state index contributed by atoms with van der Waals surface area (Å²) in [5.74, 6) is -1.23. The van der Waals surface area contributed by atoms with Gasteiger partial charge in [0, 0.05) is 12.0 Å². The number of hydrogen-bond acceptors (Lipinski definition) is 3. The quantitative estimate of drug-likeness (QED) is 0.604. The zero-order valence-electron chi connectivity index (χ0n) is 19.7. The number of unbranched alkanes of at least 4 members (excludes halogenated alkanes) is 2. The summed E-state index contributed by atoms with van der Waals surface area (Å²) in [6.07, 6.45) is -0.0470. The fourth-order valence-corrected chi connectivity index (χ4v) is 1.77. The third-order valence-corrected chi connectivity index (χ3v) is 3.10. The molecule has 0 aliphatic rings. The second-order valence-electron chi connectivity index (χ2n) is 4.96. The standard InChI is InChI=1S/C18H29NO3.ClH/c1-3-5-12-19(13-6-4-2)14-7-15-22-17-10-8-16(9-11-17)18(20)21;/h8-11H,3-7,12-15H2,1-2H3,(H,20,21);1H/i7D2,14D2,15D2;. The van der Waals surface area contributed by atoms with Crippen molar-refractivity contribution in [3.05, 3.63) is 29.8 Å². The summed E-state index contributed by atoms with van der Waals surface area (Å²) < 4.78 is 54.6. The Morgan fingerprint density at radius 2 is 1.74 bits per heavy atom. The van der Waals surface area contributed by atoms with E-state index < -0.39 is 25.4 Å². The molecule has 0 aliphatic carbocycles. The van der Waals surface area contributed by atoms with Gasteiger partial charge in [-0.1, -0.05) is 26.7 Å². The Balaban J connectivity index is 0.00000784. The highest BCUT2D eigenvalue weighted by molar-refractivity contribution is 5.87. The van der Waals surface area contributed by atoms with Crippen LogP contribution in [0.25, 0.3) is 0 Å². The Morgan fingerprint density at radius 3 is 2.22 bits per heavy atom. The van der Waals surface area contributed by atoms with Crippen LogP contribution in [0.3, 0.4) is 0 Å². The Labute approximate surface area is 154 Å². The maximum Gasteiger partial charge on any atom is 0.335 e. The predicted octanol–water partition coefficient (Wildman–Crippen LogP) is 4.48. The molecule has 0 bridgehead atoms. The van der Waals surface area contributed by atoms with E-state index in [2.05, 4.69) is 0 Å². The molecule has 0 radical (unpaired) electrons. The molecule has 5 heteroatoms. The number of benzene rings is 1. The van der Waals surface area contributed by atoms with Crippen LogP contribution in [0.4, 0.5) is 0 Å². The monoisotopic (exact) mass is 349 g/mol. The maximum absolute atomic E-state index is 10.9. The maximum atomic E-state index is 10.9. The van der Waals surface area contributed by atoms with Crippen LogP contribution >= 0.6 is 12.4 Å². The van der Waals surface area contributed by atoms with Crippen LogP contribution in [0.2, 0.25) is 0 Å². The van der Waals surface area contributed by atoms with Crippen LogP contribution in [0.15, 0.2) is 24.3 Å². The number of ether oxygens (including phenoxy) is 1. The van der Waals surface area contributed by atoms with Gasteiger partial charge in [-0.25, -0.2) is 4.79 Å². The minimum atomic E-state index is -2.99. The predicted molar refractivity (Wildman–Crippen MR) is 97.0 cm³/mol. The van der Waals surface area contributed by atoms with Gasteiger partial charge in [-0.15, -0.1) is 12.4 Å². The molecule has 0 unspecified atom stereocenters. The number of carboxylic acid groups (broad SMARTS) is 1. The summed E-state index contributed by atoms with van der Waals surface area (Å²) in [4.78, 5) is 12.2. The van der Waals surface area contributed by atoms with Gasteiger partial charge in [-0.05, 0) is 56.6 Å². The molecule has 0 fully saturated rings. The van der Waals surface area contributed by atoms with E-state index in [-0.39, 0.29) is 23.7 Å². The molecule has 0 heterocycles. The van der Waals surface area contributed by atoms with E-state index in [1.807, 2.05) is 13.8 Å². The Morgan fingerprint density at radius 1 is 1.17 bits per heavy atom. The highest BCUT2D eigenvalue weighted by Gasteiger charge is 2.05. The van der Waals surface area contributed by atoms with Crippen molar-refractivity contribution in [2.45, 2.75) is 45.9 Å². The average Bonchev–Trinajstić information content (AvgIpc) is 2.61. The van der Waals surface area contributed by atoms with Crippen LogP contribution < -0.4 is 4.74 Å². The van der Waals surface area contributed by atoms with Gasteiger partial charge in [0.2, 0.25) is 0 Å². The fourth-order valence-electron chi connectivity index (χ4n) is 1.77. The molecule has 4 nitrogen and oxygen atoms in total. The van der Waals surface area contributed by atoms with E-state index in [1.165, 1.54) is 29.2 Å². The van der Waals surface area contributed by atoms with Gasteiger partial charge in [0.15, 0.2) is 0 Å². The van der Waals surface area contributed by atoms with Crippen LogP contribution in [0, 0.1) is 0 Å². The molecule has 1 aromatic carbocycles. The number of hydrogen-bond donors (Lipinski definition) is 1. The van der Waals surface area contributed by atoms with E-state index in [9.17, 15) is 4.79 Å².